The number of nitrogens with one attached hydrogen (secondary N) is 1. The topological polar surface area (TPSA) is 12.0 Å². The van der Waals surface area contributed by atoms with E-state index < -0.39 is 0 Å². The van der Waals surface area contributed by atoms with Crippen LogP contribution >= 0.6 is 27.5 Å². The molecule has 3 heteroatoms. The van der Waals surface area contributed by atoms with Gasteiger partial charge in [0.25, 0.3) is 0 Å². The first-order chi connectivity index (χ1) is 9.13. The minimum absolute atomic E-state index is 0.152. The third kappa shape index (κ3) is 3.38. The smallest absolute Gasteiger partial charge is 0.0590 e. The van der Waals surface area contributed by atoms with Crippen molar-refractivity contribution in [2.75, 3.05) is 6.54 Å². The Morgan fingerprint density at radius 2 is 1.89 bits per heavy atom. The molecule has 1 atom stereocenters. The zero-order chi connectivity index (χ0) is 13.8. The first-order valence-corrected chi connectivity index (χ1v) is 7.54. The van der Waals surface area contributed by atoms with Crippen LogP contribution in [0.4, 0.5) is 0 Å². The second-order valence-corrected chi connectivity index (χ2v) is 5.80. The summed E-state index contributed by atoms with van der Waals surface area (Å²) >= 11 is 9.76. The van der Waals surface area contributed by atoms with Crippen LogP contribution in [0.3, 0.4) is 0 Å². The van der Waals surface area contributed by atoms with E-state index in [0.29, 0.717) is 0 Å². The van der Waals surface area contributed by atoms with Gasteiger partial charge in [-0.05, 0) is 48.4 Å². The van der Waals surface area contributed by atoms with Crippen molar-refractivity contribution in [1.29, 1.82) is 0 Å². The number of hydrogen-bond donors (Lipinski definition) is 1. The van der Waals surface area contributed by atoms with E-state index in [1.165, 1.54) is 16.7 Å². The molecule has 0 aliphatic heterocycles. The van der Waals surface area contributed by atoms with Crippen molar-refractivity contribution in [3.05, 3.63) is 68.7 Å². The lowest BCUT2D eigenvalue weighted by Crippen LogP contribution is -2.23. The minimum atomic E-state index is 0.152. The highest BCUT2D eigenvalue weighted by Gasteiger charge is 2.17. The second-order valence-electron chi connectivity index (χ2n) is 4.51. The fourth-order valence-electron chi connectivity index (χ4n) is 2.24. The molecule has 1 N–H and O–H groups in total. The fourth-order valence-corrected chi connectivity index (χ4v) is 2.89. The summed E-state index contributed by atoms with van der Waals surface area (Å²) in [6, 6.07) is 14.5. The van der Waals surface area contributed by atoms with E-state index in [1.54, 1.807) is 0 Å². The molecule has 0 aliphatic carbocycles. The van der Waals surface area contributed by atoms with Crippen LogP contribution in [-0.4, -0.2) is 6.54 Å². The molecule has 2 aromatic rings. The van der Waals surface area contributed by atoms with Crippen LogP contribution in [0.25, 0.3) is 0 Å². The standard InChI is InChI=1S/C16H17BrClN/c1-3-19-16(13-7-5-4-6-11(13)2)14-10-12(18)8-9-15(14)17/h4-10,16,19H,3H2,1-2H3. The number of hydrogen-bond acceptors (Lipinski definition) is 1. The van der Waals surface area contributed by atoms with Gasteiger partial charge in [0, 0.05) is 9.50 Å². The highest BCUT2D eigenvalue weighted by atomic mass is 79.9. The van der Waals surface area contributed by atoms with Crippen LogP contribution in [0, 0.1) is 6.92 Å². The highest BCUT2D eigenvalue weighted by molar-refractivity contribution is 9.10. The Morgan fingerprint density at radius 1 is 1.16 bits per heavy atom. The van der Waals surface area contributed by atoms with Crippen LogP contribution in [0.2, 0.25) is 5.02 Å². The molecule has 0 spiro atoms. The second kappa shape index (κ2) is 6.56. The number of aryl methyl sites for hydroxylation is 1. The lowest BCUT2D eigenvalue weighted by Gasteiger charge is -2.22. The van der Waals surface area contributed by atoms with Crippen molar-refractivity contribution in [1.82, 2.24) is 5.32 Å². The van der Waals surface area contributed by atoms with E-state index in [4.69, 9.17) is 11.6 Å². The summed E-state index contributed by atoms with van der Waals surface area (Å²) in [5.41, 5.74) is 3.73. The zero-order valence-electron chi connectivity index (χ0n) is 11.1. The summed E-state index contributed by atoms with van der Waals surface area (Å²) in [6.45, 7) is 5.15. The Labute approximate surface area is 128 Å². The predicted molar refractivity (Wildman–Crippen MR) is 85.9 cm³/mol. The molecular formula is C16H17BrClN. The van der Waals surface area contributed by atoms with E-state index in [0.717, 1.165) is 16.0 Å². The molecule has 1 unspecified atom stereocenters. The van der Waals surface area contributed by atoms with E-state index in [2.05, 4.69) is 59.4 Å². The van der Waals surface area contributed by atoms with Crippen molar-refractivity contribution in [2.24, 2.45) is 0 Å². The molecule has 0 radical (unpaired) electrons. The van der Waals surface area contributed by atoms with Crippen LogP contribution in [0.1, 0.15) is 29.7 Å². The molecule has 1 nitrogen and oxygen atoms in total. The summed E-state index contributed by atoms with van der Waals surface area (Å²) < 4.78 is 1.08. The molecule has 19 heavy (non-hydrogen) atoms. The van der Waals surface area contributed by atoms with Crippen LogP contribution in [0.5, 0.6) is 0 Å². The van der Waals surface area contributed by atoms with E-state index in [9.17, 15) is 0 Å². The van der Waals surface area contributed by atoms with Crippen molar-refractivity contribution in [3.63, 3.8) is 0 Å². The monoisotopic (exact) mass is 337 g/mol. The molecule has 0 fully saturated rings. The first-order valence-electron chi connectivity index (χ1n) is 6.37. The maximum absolute atomic E-state index is 6.14. The molecule has 0 heterocycles. The Hall–Kier alpha value is -0.830. The largest absolute Gasteiger partial charge is 0.306 e. The van der Waals surface area contributed by atoms with Crippen molar-refractivity contribution in [3.8, 4) is 0 Å². The molecular weight excluding hydrogens is 322 g/mol. The third-order valence-electron chi connectivity index (χ3n) is 3.18. The van der Waals surface area contributed by atoms with Gasteiger partial charge < -0.3 is 5.32 Å². The Balaban J connectivity index is 2.51. The molecule has 0 saturated carbocycles. The summed E-state index contributed by atoms with van der Waals surface area (Å²) in [5, 5.41) is 4.29. The Kier molecular flexibility index (Phi) is 5.03. The zero-order valence-corrected chi connectivity index (χ0v) is 13.4. The Bertz CT molecular complexity index is 568. The van der Waals surface area contributed by atoms with Gasteiger partial charge >= 0.3 is 0 Å². The van der Waals surface area contributed by atoms with Gasteiger partial charge in [-0.2, -0.15) is 0 Å². The molecule has 0 aromatic heterocycles. The molecule has 100 valence electrons. The molecule has 2 rings (SSSR count). The average Bonchev–Trinajstić information content (AvgIpc) is 2.40. The van der Waals surface area contributed by atoms with Gasteiger partial charge in [-0.3, -0.25) is 0 Å². The van der Waals surface area contributed by atoms with Gasteiger partial charge in [0.05, 0.1) is 6.04 Å². The van der Waals surface area contributed by atoms with Crippen molar-refractivity contribution < 1.29 is 0 Å². The summed E-state index contributed by atoms with van der Waals surface area (Å²) in [5.74, 6) is 0. The normalized spacial score (nSPS) is 12.4. The third-order valence-corrected chi connectivity index (χ3v) is 4.13. The van der Waals surface area contributed by atoms with Gasteiger partial charge in [0.1, 0.15) is 0 Å². The lowest BCUT2D eigenvalue weighted by molar-refractivity contribution is 0.625. The minimum Gasteiger partial charge on any atom is -0.306 e. The van der Waals surface area contributed by atoms with Gasteiger partial charge in [-0.15, -0.1) is 0 Å². The number of benzene rings is 2. The predicted octanol–water partition coefficient (Wildman–Crippen LogP) is 5.11. The number of rotatable bonds is 4. The Morgan fingerprint density at radius 3 is 2.58 bits per heavy atom. The summed E-state index contributed by atoms with van der Waals surface area (Å²) in [7, 11) is 0. The molecule has 2 aromatic carbocycles. The SMILES string of the molecule is CCNC(c1ccccc1C)c1cc(Cl)ccc1Br. The van der Waals surface area contributed by atoms with Gasteiger partial charge in [0.15, 0.2) is 0 Å². The first kappa shape index (κ1) is 14.6. The maximum atomic E-state index is 6.14. The van der Waals surface area contributed by atoms with Gasteiger partial charge in [0.2, 0.25) is 0 Å². The highest BCUT2D eigenvalue weighted by Crippen LogP contribution is 2.32. The van der Waals surface area contributed by atoms with E-state index in [-0.39, 0.29) is 6.04 Å². The van der Waals surface area contributed by atoms with Crippen molar-refractivity contribution >= 4 is 27.5 Å². The number of halogens is 2. The summed E-state index contributed by atoms with van der Waals surface area (Å²) in [6.07, 6.45) is 0. The van der Waals surface area contributed by atoms with Gasteiger partial charge in [-0.25, -0.2) is 0 Å². The van der Waals surface area contributed by atoms with Crippen LogP contribution in [0.15, 0.2) is 46.9 Å². The van der Waals surface area contributed by atoms with Crippen LogP contribution < -0.4 is 5.32 Å². The fraction of sp³-hybridized carbons (Fsp3) is 0.250. The van der Waals surface area contributed by atoms with Gasteiger partial charge in [-0.1, -0.05) is 58.7 Å². The summed E-state index contributed by atoms with van der Waals surface area (Å²) in [4.78, 5) is 0. The van der Waals surface area contributed by atoms with Crippen molar-refractivity contribution in [2.45, 2.75) is 19.9 Å². The molecule has 0 bridgehead atoms. The quantitative estimate of drug-likeness (QED) is 0.817. The van der Waals surface area contributed by atoms with E-state index in [1.807, 2.05) is 18.2 Å². The molecule has 0 saturated heterocycles. The average molecular weight is 339 g/mol. The molecule has 0 aliphatic rings. The van der Waals surface area contributed by atoms with Crippen LogP contribution in [-0.2, 0) is 0 Å². The van der Waals surface area contributed by atoms with E-state index >= 15 is 0 Å². The maximum Gasteiger partial charge on any atom is 0.0590 e. The lowest BCUT2D eigenvalue weighted by atomic mass is 9.95. The molecule has 0 amide bonds.